The Kier molecular flexibility index (Phi) is 2.89. The molecule has 1 atom stereocenters. The van der Waals surface area contributed by atoms with E-state index in [4.69, 9.17) is 5.73 Å². The third-order valence-electron chi connectivity index (χ3n) is 3.49. The fourth-order valence-electron chi connectivity index (χ4n) is 2.52. The summed E-state index contributed by atoms with van der Waals surface area (Å²) in [5.74, 6) is 0.911. The van der Waals surface area contributed by atoms with Crippen LogP contribution < -0.4 is 11.1 Å². The number of rotatable bonds is 2. The summed E-state index contributed by atoms with van der Waals surface area (Å²) in [4.78, 5) is 4.29. The summed E-state index contributed by atoms with van der Waals surface area (Å²) < 4.78 is 0. The van der Waals surface area contributed by atoms with Gasteiger partial charge in [0.15, 0.2) is 0 Å². The lowest BCUT2D eigenvalue weighted by Crippen LogP contribution is -2.27. The Balaban J connectivity index is 1.71. The van der Waals surface area contributed by atoms with Crippen LogP contribution in [0.25, 0.3) is 0 Å². The van der Waals surface area contributed by atoms with E-state index < -0.39 is 0 Å². The van der Waals surface area contributed by atoms with Crippen molar-refractivity contribution in [3.05, 3.63) is 53.7 Å². The monoisotopic (exact) mass is 239 g/mol. The Morgan fingerprint density at radius 2 is 1.94 bits per heavy atom. The predicted molar refractivity (Wildman–Crippen MR) is 74.5 cm³/mol. The van der Waals surface area contributed by atoms with Gasteiger partial charge in [-0.1, -0.05) is 24.3 Å². The van der Waals surface area contributed by atoms with Gasteiger partial charge in [-0.05, 0) is 42.5 Å². The van der Waals surface area contributed by atoms with Crippen molar-refractivity contribution < 1.29 is 0 Å². The molecule has 3 heteroatoms. The lowest BCUT2D eigenvalue weighted by molar-refractivity contribution is 0.609. The lowest BCUT2D eigenvalue weighted by atomic mass is 9.88. The molecule has 3 nitrogen and oxygen atoms in total. The Bertz CT molecular complexity index is 534. The van der Waals surface area contributed by atoms with Gasteiger partial charge in [0.05, 0.1) is 11.9 Å². The number of nitrogens with two attached hydrogens (primary N) is 1. The molecule has 3 N–H and O–H groups in total. The number of nitrogen functional groups attached to an aromatic ring is 1. The zero-order chi connectivity index (χ0) is 12.4. The van der Waals surface area contributed by atoms with Crippen LogP contribution in [0.1, 0.15) is 17.5 Å². The van der Waals surface area contributed by atoms with E-state index in [-0.39, 0.29) is 0 Å². The van der Waals surface area contributed by atoms with Crippen molar-refractivity contribution in [2.75, 3.05) is 11.1 Å². The Labute approximate surface area is 107 Å². The SMILES string of the molecule is Nc1ccc(NC2CCc3ccccc3C2)nc1. The highest BCUT2D eigenvalue weighted by molar-refractivity contribution is 5.45. The normalized spacial score (nSPS) is 18.1. The summed E-state index contributed by atoms with van der Waals surface area (Å²) >= 11 is 0. The van der Waals surface area contributed by atoms with Gasteiger partial charge in [0, 0.05) is 6.04 Å². The second-order valence-electron chi connectivity index (χ2n) is 4.83. The highest BCUT2D eigenvalue weighted by atomic mass is 15.0. The van der Waals surface area contributed by atoms with E-state index in [1.54, 1.807) is 6.20 Å². The van der Waals surface area contributed by atoms with E-state index in [0.717, 1.165) is 25.1 Å². The quantitative estimate of drug-likeness (QED) is 0.847. The number of pyridine rings is 1. The van der Waals surface area contributed by atoms with Crippen molar-refractivity contribution in [3.8, 4) is 0 Å². The summed E-state index contributed by atoms with van der Waals surface area (Å²) in [5, 5.41) is 3.48. The van der Waals surface area contributed by atoms with Gasteiger partial charge < -0.3 is 11.1 Å². The van der Waals surface area contributed by atoms with Crippen LogP contribution in [-0.2, 0) is 12.8 Å². The highest BCUT2D eigenvalue weighted by Crippen LogP contribution is 2.23. The smallest absolute Gasteiger partial charge is 0.126 e. The van der Waals surface area contributed by atoms with Crippen LogP contribution in [0.4, 0.5) is 11.5 Å². The third-order valence-corrected chi connectivity index (χ3v) is 3.49. The molecule has 0 amide bonds. The van der Waals surface area contributed by atoms with Gasteiger partial charge in [-0.15, -0.1) is 0 Å². The lowest BCUT2D eigenvalue weighted by Gasteiger charge is -2.25. The first-order chi connectivity index (χ1) is 8.81. The molecule has 1 unspecified atom stereocenters. The Morgan fingerprint density at radius 3 is 2.72 bits per heavy atom. The average molecular weight is 239 g/mol. The number of benzene rings is 1. The van der Waals surface area contributed by atoms with Crippen LogP contribution >= 0.6 is 0 Å². The maximum atomic E-state index is 5.63. The van der Waals surface area contributed by atoms with Gasteiger partial charge in [0.25, 0.3) is 0 Å². The molecule has 0 spiro atoms. The van der Waals surface area contributed by atoms with Gasteiger partial charge in [-0.25, -0.2) is 4.98 Å². The van der Waals surface area contributed by atoms with Gasteiger partial charge in [0.1, 0.15) is 5.82 Å². The summed E-state index contributed by atoms with van der Waals surface area (Å²) in [6, 6.07) is 13.0. The van der Waals surface area contributed by atoms with Crippen LogP contribution in [0.3, 0.4) is 0 Å². The van der Waals surface area contributed by atoms with Crippen molar-refractivity contribution in [3.63, 3.8) is 0 Å². The van der Waals surface area contributed by atoms with E-state index in [0.29, 0.717) is 11.7 Å². The van der Waals surface area contributed by atoms with Crippen LogP contribution in [0.15, 0.2) is 42.6 Å². The first-order valence-corrected chi connectivity index (χ1v) is 6.36. The zero-order valence-electron chi connectivity index (χ0n) is 10.3. The number of aromatic nitrogens is 1. The van der Waals surface area contributed by atoms with E-state index in [2.05, 4.69) is 34.6 Å². The number of anilines is 2. The molecule has 0 radical (unpaired) electrons. The molecule has 0 saturated carbocycles. The number of hydrogen-bond donors (Lipinski definition) is 2. The summed E-state index contributed by atoms with van der Waals surface area (Å²) in [6.45, 7) is 0. The van der Waals surface area contributed by atoms with E-state index in [1.807, 2.05) is 12.1 Å². The standard InChI is InChI=1S/C15H17N3/c16-13-6-8-15(17-10-13)18-14-7-5-11-3-1-2-4-12(11)9-14/h1-4,6,8,10,14H,5,7,9,16H2,(H,17,18). The Morgan fingerprint density at radius 1 is 1.11 bits per heavy atom. The highest BCUT2D eigenvalue weighted by Gasteiger charge is 2.17. The van der Waals surface area contributed by atoms with Crippen LogP contribution in [-0.4, -0.2) is 11.0 Å². The summed E-state index contributed by atoms with van der Waals surface area (Å²) in [6.07, 6.45) is 5.06. The number of fused-ring (bicyclic) bond motifs is 1. The first kappa shape index (κ1) is 11.1. The minimum absolute atomic E-state index is 0.469. The second kappa shape index (κ2) is 4.69. The molecule has 3 rings (SSSR count). The van der Waals surface area contributed by atoms with Gasteiger partial charge in [-0.3, -0.25) is 0 Å². The average Bonchev–Trinajstić information content (AvgIpc) is 2.41. The molecule has 0 aliphatic heterocycles. The number of nitrogens with one attached hydrogen (secondary N) is 1. The molecule has 1 aromatic carbocycles. The molecule has 1 aromatic heterocycles. The predicted octanol–water partition coefficient (Wildman–Crippen LogP) is 2.63. The van der Waals surface area contributed by atoms with Crippen molar-refractivity contribution in [2.24, 2.45) is 0 Å². The molecule has 0 fully saturated rings. The minimum Gasteiger partial charge on any atom is -0.397 e. The zero-order valence-corrected chi connectivity index (χ0v) is 10.3. The summed E-state index contributed by atoms with van der Waals surface area (Å²) in [7, 11) is 0. The van der Waals surface area contributed by atoms with Crippen LogP contribution in [0.2, 0.25) is 0 Å². The molecule has 0 saturated heterocycles. The van der Waals surface area contributed by atoms with Gasteiger partial charge in [0.2, 0.25) is 0 Å². The van der Waals surface area contributed by atoms with E-state index in [1.165, 1.54) is 11.1 Å². The molecule has 1 aliphatic carbocycles. The van der Waals surface area contributed by atoms with Crippen LogP contribution in [0.5, 0.6) is 0 Å². The molecule has 18 heavy (non-hydrogen) atoms. The maximum absolute atomic E-state index is 5.63. The molecular formula is C15H17N3. The van der Waals surface area contributed by atoms with E-state index >= 15 is 0 Å². The third kappa shape index (κ3) is 2.30. The molecule has 2 aromatic rings. The number of hydrogen-bond acceptors (Lipinski definition) is 3. The summed E-state index contributed by atoms with van der Waals surface area (Å²) in [5.41, 5.74) is 9.28. The molecule has 1 heterocycles. The van der Waals surface area contributed by atoms with Gasteiger partial charge >= 0.3 is 0 Å². The van der Waals surface area contributed by atoms with Crippen LogP contribution in [0, 0.1) is 0 Å². The largest absolute Gasteiger partial charge is 0.397 e. The Hall–Kier alpha value is -2.03. The van der Waals surface area contributed by atoms with Gasteiger partial charge in [-0.2, -0.15) is 0 Å². The minimum atomic E-state index is 0.469. The van der Waals surface area contributed by atoms with E-state index in [9.17, 15) is 0 Å². The number of nitrogens with zero attached hydrogens (tertiary/aromatic N) is 1. The fourth-order valence-corrected chi connectivity index (χ4v) is 2.52. The topological polar surface area (TPSA) is 50.9 Å². The van der Waals surface area contributed by atoms with Crippen molar-refractivity contribution in [2.45, 2.75) is 25.3 Å². The number of aryl methyl sites for hydroxylation is 1. The fraction of sp³-hybridized carbons (Fsp3) is 0.267. The first-order valence-electron chi connectivity index (χ1n) is 6.36. The van der Waals surface area contributed by atoms with Crippen molar-refractivity contribution in [1.82, 2.24) is 4.98 Å². The molecular weight excluding hydrogens is 222 g/mol. The molecule has 92 valence electrons. The second-order valence-corrected chi connectivity index (χ2v) is 4.83. The molecule has 1 aliphatic rings. The molecule has 0 bridgehead atoms. The van der Waals surface area contributed by atoms with Crippen molar-refractivity contribution in [1.29, 1.82) is 0 Å². The van der Waals surface area contributed by atoms with Crippen molar-refractivity contribution >= 4 is 11.5 Å². The maximum Gasteiger partial charge on any atom is 0.126 e.